The molecule has 0 amide bonds. The second-order valence-corrected chi connectivity index (χ2v) is 4.38. The fourth-order valence-electron chi connectivity index (χ4n) is 2.14. The van der Waals surface area contributed by atoms with Crippen LogP contribution in [0, 0.1) is 0 Å². The molecule has 1 fully saturated rings. The van der Waals surface area contributed by atoms with Crippen molar-refractivity contribution in [2.24, 2.45) is 0 Å². The maximum absolute atomic E-state index is 11.6. The standard InChI is InChI=1S/C13H18N2O4/c1-18-13(17)11-10-19-9-8-14(11)6-7-15-5-3-2-4-12(15)16/h2-5,11H,6-10H2,1H3. The zero-order valence-corrected chi connectivity index (χ0v) is 10.9. The van der Waals surface area contributed by atoms with E-state index < -0.39 is 0 Å². The highest BCUT2D eigenvalue weighted by molar-refractivity contribution is 5.75. The molecule has 0 aromatic carbocycles. The zero-order valence-electron chi connectivity index (χ0n) is 10.9. The normalized spacial score (nSPS) is 20.2. The van der Waals surface area contributed by atoms with Gasteiger partial charge in [0.15, 0.2) is 0 Å². The molecule has 2 rings (SSSR count). The van der Waals surface area contributed by atoms with Crippen LogP contribution in [0.25, 0.3) is 0 Å². The maximum Gasteiger partial charge on any atom is 0.325 e. The molecule has 1 saturated heterocycles. The molecule has 0 saturated carbocycles. The molecular weight excluding hydrogens is 248 g/mol. The second-order valence-electron chi connectivity index (χ2n) is 4.38. The van der Waals surface area contributed by atoms with E-state index in [2.05, 4.69) is 0 Å². The Morgan fingerprint density at radius 1 is 1.47 bits per heavy atom. The van der Waals surface area contributed by atoms with E-state index in [-0.39, 0.29) is 17.6 Å². The number of esters is 1. The van der Waals surface area contributed by atoms with Gasteiger partial charge in [-0.3, -0.25) is 14.5 Å². The molecule has 1 unspecified atom stereocenters. The van der Waals surface area contributed by atoms with E-state index in [9.17, 15) is 9.59 Å². The molecule has 1 aromatic heterocycles. The Bertz CT molecular complexity index is 486. The van der Waals surface area contributed by atoms with Gasteiger partial charge in [-0.15, -0.1) is 0 Å². The summed E-state index contributed by atoms with van der Waals surface area (Å²) in [5, 5.41) is 0. The van der Waals surface area contributed by atoms with E-state index in [0.717, 1.165) is 0 Å². The smallest absolute Gasteiger partial charge is 0.325 e. The molecule has 1 aliphatic heterocycles. The minimum absolute atomic E-state index is 0.0367. The van der Waals surface area contributed by atoms with Gasteiger partial charge in [0.2, 0.25) is 0 Å². The first-order valence-corrected chi connectivity index (χ1v) is 6.27. The van der Waals surface area contributed by atoms with Gasteiger partial charge in [-0.2, -0.15) is 0 Å². The lowest BCUT2D eigenvalue weighted by atomic mass is 10.2. The maximum atomic E-state index is 11.6. The number of aromatic nitrogens is 1. The van der Waals surface area contributed by atoms with Crippen molar-refractivity contribution < 1.29 is 14.3 Å². The van der Waals surface area contributed by atoms with E-state index in [1.165, 1.54) is 13.2 Å². The van der Waals surface area contributed by atoms with Gasteiger partial charge in [-0.1, -0.05) is 6.07 Å². The molecular formula is C13H18N2O4. The SMILES string of the molecule is COC(=O)C1COCCN1CCn1ccccc1=O. The topological polar surface area (TPSA) is 60.8 Å². The van der Waals surface area contributed by atoms with Crippen molar-refractivity contribution in [1.82, 2.24) is 9.47 Å². The Labute approximate surface area is 111 Å². The summed E-state index contributed by atoms with van der Waals surface area (Å²) in [5.41, 5.74) is -0.0367. The van der Waals surface area contributed by atoms with Crippen LogP contribution >= 0.6 is 0 Å². The predicted octanol–water partition coefficient (Wildman–Crippen LogP) is -0.278. The van der Waals surface area contributed by atoms with Crippen LogP contribution in [0.15, 0.2) is 29.2 Å². The molecule has 6 heteroatoms. The van der Waals surface area contributed by atoms with E-state index in [0.29, 0.717) is 32.8 Å². The molecule has 0 radical (unpaired) electrons. The van der Waals surface area contributed by atoms with E-state index in [1.54, 1.807) is 16.8 Å². The molecule has 1 atom stereocenters. The summed E-state index contributed by atoms with van der Waals surface area (Å²) in [6, 6.07) is 4.68. The highest BCUT2D eigenvalue weighted by Gasteiger charge is 2.29. The Balaban J connectivity index is 1.98. The third-order valence-electron chi connectivity index (χ3n) is 3.24. The van der Waals surface area contributed by atoms with E-state index >= 15 is 0 Å². The Morgan fingerprint density at radius 3 is 3.05 bits per heavy atom. The summed E-state index contributed by atoms with van der Waals surface area (Å²) in [6.07, 6.45) is 1.75. The number of hydrogen-bond donors (Lipinski definition) is 0. The number of pyridine rings is 1. The Kier molecular flexibility index (Phi) is 4.70. The van der Waals surface area contributed by atoms with Gasteiger partial charge in [-0.25, -0.2) is 0 Å². The third-order valence-corrected chi connectivity index (χ3v) is 3.24. The molecule has 2 heterocycles. The largest absolute Gasteiger partial charge is 0.468 e. The van der Waals surface area contributed by atoms with Crippen LogP contribution in [-0.4, -0.2) is 54.9 Å². The van der Waals surface area contributed by atoms with Crippen LogP contribution in [0.3, 0.4) is 0 Å². The van der Waals surface area contributed by atoms with Gasteiger partial charge in [0.1, 0.15) is 6.04 Å². The molecule has 19 heavy (non-hydrogen) atoms. The summed E-state index contributed by atoms with van der Waals surface area (Å²) in [5.74, 6) is -0.292. The van der Waals surface area contributed by atoms with Crippen molar-refractivity contribution in [2.75, 3.05) is 33.4 Å². The fourth-order valence-corrected chi connectivity index (χ4v) is 2.14. The van der Waals surface area contributed by atoms with Crippen LogP contribution in [0.2, 0.25) is 0 Å². The summed E-state index contributed by atoms with van der Waals surface area (Å²) in [4.78, 5) is 25.2. The zero-order chi connectivity index (χ0) is 13.7. The summed E-state index contributed by atoms with van der Waals surface area (Å²) < 4.78 is 11.7. The van der Waals surface area contributed by atoms with Crippen molar-refractivity contribution in [1.29, 1.82) is 0 Å². The van der Waals surface area contributed by atoms with Gasteiger partial charge >= 0.3 is 5.97 Å². The number of carbonyl (C=O) groups is 1. The monoisotopic (exact) mass is 266 g/mol. The highest BCUT2D eigenvalue weighted by Crippen LogP contribution is 2.08. The number of hydrogen-bond acceptors (Lipinski definition) is 5. The van der Waals surface area contributed by atoms with Gasteiger partial charge in [0.25, 0.3) is 5.56 Å². The molecule has 0 bridgehead atoms. The molecule has 1 aliphatic rings. The molecule has 0 aliphatic carbocycles. The first-order valence-electron chi connectivity index (χ1n) is 6.27. The molecule has 0 N–H and O–H groups in total. The lowest BCUT2D eigenvalue weighted by molar-refractivity contribution is -0.153. The summed E-state index contributed by atoms with van der Waals surface area (Å²) >= 11 is 0. The first-order chi connectivity index (χ1) is 9.22. The first kappa shape index (κ1) is 13.8. The van der Waals surface area contributed by atoms with Crippen LogP contribution < -0.4 is 5.56 Å². The number of morpholine rings is 1. The Morgan fingerprint density at radius 2 is 2.32 bits per heavy atom. The number of carbonyl (C=O) groups excluding carboxylic acids is 1. The molecule has 1 aromatic rings. The van der Waals surface area contributed by atoms with Crippen molar-refractivity contribution >= 4 is 5.97 Å². The summed E-state index contributed by atoms with van der Waals surface area (Å²) in [7, 11) is 1.37. The van der Waals surface area contributed by atoms with Gasteiger partial charge in [0, 0.05) is 31.9 Å². The molecule has 104 valence electrons. The number of nitrogens with zero attached hydrogens (tertiary/aromatic N) is 2. The summed E-state index contributed by atoms with van der Waals surface area (Å²) in [6.45, 7) is 2.77. The highest BCUT2D eigenvalue weighted by atomic mass is 16.5. The number of rotatable bonds is 4. The quantitative estimate of drug-likeness (QED) is 0.702. The minimum atomic E-state index is -0.377. The van der Waals surface area contributed by atoms with Crippen LogP contribution in [0.4, 0.5) is 0 Å². The van der Waals surface area contributed by atoms with Gasteiger partial charge in [0.05, 0.1) is 20.3 Å². The van der Waals surface area contributed by atoms with Gasteiger partial charge < -0.3 is 14.0 Å². The lowest BCUT2D eigenvalue weighted by Gasteiger charge is -2.33. The van der Waals surface area contributed by atoms with E-state index in [4.69, 9.17) is 9.47 Å². The fraction of sp³-hybridized carbons (Fsp3) is 0.538. The van der Waals surface area contributed by atoms with Crippen LogP contribution in [-0.2, 0) is 20.8 Å². The second kappa shape index (κ2) is 6.49. The third kappa shape index (κ3) is 3.42. The van der Waals surface area contributed by atoms with Crippen molar-refractivity contribution in [3.8, 4) is 0 Å². The van der Waals surface area contributed by atoms with E-state index in [1.807, 2.05) is 11.0 Å². The number of methoxy groups -OCH3 is 1. The average molecular weight is 266 g/mol. The van der Waals surface area contributed by atoms with Crippen molar-refractivity contribution in [3.05, 3.63) is 34.7 Å². The minimum Gasteiger partial charge on any atom is -0.468 e. The van der Waals surface area contributed by atoms with Crippen LogP contribution in [0.5, 0.6) is 0 Å². The van der Waals surface area contributed by atoms with Gasteiger partial charge in [-0.05, 0) is 6.07 Å². The molecule has 6 nitrogen and oxygen atoms in total. The predicted molar refractivity (Wildman–Crippen MR) is 68.9 cm³/mol. The lowest BCUT2D eigenvalue weighted by Crippen LogP contribution is -2.51. The Hall–Kier alpha value is -1.66. The molecule has 0 spiro atoms. The van der Waals surface area contributed by atoms with Crippen LogP contribution in [0.1, 0.15) is 0 Å². The average Bonchev–Trinajstić information content (AvgIpc) is 2.46. The van der Waals surface area contributed by atoms with Crippen molar-refractivity contribution in [2.45, 2.75) is 12.6 Å². The number of ether oxygens (including phenoxy) is 2. The van der Waals surface area contributed by atoms with Crippen molar-refractivity contribution in [3.63, 3.8) is 0 Å².